The quantitative estimate of drug-likeness (QED) is 0.677. The molecule has 0 radical (unpaired) electrons. The van der Waals surface area contributed by atoms with E-state index in [0.29, 0.717) is 17.9 Å². The van der Waals surface area contributed by atoms with Gasteiger partial charge in [-0.2, -0.15) is 9.37 Å². The summed E-state index contributed by atoms with van der Waals surface area (Å²) in [7, 11) is 0. The number of rotatable bonds is 4. The molecule has 0 amide bonds. The van der Waals surface area contributed by atoms with E-state index in [4.69, 9.17) is 10.5 Å². The molecular weight excluding hydrogens is 245 g/mol. The maximum absolute atomic E-state index is 13.8. The summed E-state index contributed by atoms with van der Waals surface area (Å²) >= 11 is 0. The van der Waals surface area contributed by atoms with Crippen LogP contribution < -0.4 is 10.5 Å². The van der Waals surface area contributed by atoms with Crippen molar-refractivity contribution in [3.05, 3.63) is 54.3 Å². The Hall–Kier alpha value is -2.43. The zero-order chi connectivity index (χ0) is 13.8. The average Bonchev–Trinajstić information content (AvgIpc) is 2.38. The lowest BCUT2D eigenvalue weighted by atomic mass is 10.1. The van der Waals surface area contributed by atoms with Crippen molar-refractivity contribution in [3.63, 3.8) is 0 Å². The number of anilines is 1. The van der Waals surface area contributed by atoms with Crippen molar-refractivity contribution in [2.45, 2.75) is 13.3 Å². The molecule has 0 aliphatic rings. The second-order valence-electron chi connectivity index (χ2n) is 4.04. The van der Waals surface area contributed by atoms with Gasteiger partial charge in [-0.15, -0.1) is 6.58 Å². The molecule has 0 bridgehead atoms. The third-order valence-electron chi connectivity index (χ3n) is 2.59. The first-order chi connectivity index (χ1) is 9.11. The molecule has 0 saturated heterocycles. The van der Waals surface area contributed by atoms with E-state index in [1.807, 2.05) is 0 Å². The molecule has 0 saturated carbocycles. The molecule has 0 spiro atoms. The van der Waals surface area contributed by atoms with Crippen molar-refractivity contribution in [2.75, 3.05) is 5.73 Å². The number of hydrogen-bond donors (Lipinski definition) is 1. The molecule has 1 heterocycles. The van der Waals surface area contributed by atoms with E-state index in [2.05, 4.69) is 16.5 Å². The third-order valence-corrected chi connectivity index (χ3v) is 2.59. The van der Waals surface area contributed by atoms with Gasteiger partial charge in [0.1, 0.15) is 12.1 Å². The Balaban J connectivity index is 2.37. The summed E-state index contributed by atoms with van der Waals surface area (Å²) in [6.07, 6.45) is 3.56. The number of nitrogens with zero attached hydrogens (tertiary/aromatic N) is 2. The smallest absolute Gasteiger partial charge is 0.259 e. The van der Waals surface area contributed by atoms with E-state index >= 15 is 0 Å². The topological polar surface area (TPSA) is 61.0 Å². The SMILES string of the molecule is C=CCc1cc(N)ccc1Oc1ncnc(C)c1F. The summed E-state index contributed by atoms with van der Waals surface area (Å²) in [6, 6.07) is 5.14. The Kier molecular flexibility index (Phi) is 3.75. The van der Waals surface area contributed by atoms with E-state index in [1.165, 1.54) is 6.33 Å². The molecule has 2 aromatic rings. The molecule has 2 N–H and O–H groups in total. The highest BCUT2D eigenvalue weighted by Crippen LogP contribution is 2.28. The van der Waals surface area contributed by atoms with Crippen LogP contribution in [0.15, 0.2) is 37.2 Å². The number of allylic oxidation sites excluding steroid dienone is 1. The maximum Gasteiger partial charge on any atom is 0.259 e. The maximum atomic E-state index is 13.8. The average molecular weight is 259 g/mol. The fourth-order valence-electron chi connectivity index (χ4n) is 1.63. The van der Waals surface area contributed by atoms with Gasteiger partial charge in [0.05, 0.1) is 5.69 Å². The van der Waals surface area contributed by atoms with Gasteiger partial charge in [-0.1, -0.05) is 6.08 Å². The first-order valence-corrected chi connectivity index (χ1v) is 5.76. The number of nitrogens with two attached hydrogens (primary N) is 1. The van der Waals surface area contributed by atoms with E-state index in [9.17, 15) is 4.39 Å². The number of aryl methyl sites for hydroxylation is 1. The van der Waals surface area contributed by atoms with Gasteiger partial charge in [0.15, 0.2) is 0 Å². The molecule has 0 aliphatic heterocycles. The van der Waals surface area contributed by atoms with Crippen LogP contribution in [0.1, 0.15) is 11.3 Å². The number of ether oxygens (including phenoxy) is 1. The number of hydrogen-bond acceptors (Lipinski definition) is 4. The summed E-state index contributed by atoms with van der Waals surface area (Å²) in [6.45, 7) is 5.22. The molecule has 19 heavy (non-hydrogen) atoms. The Labute approximate surface area is 110 Å². The van der Waals surface area contributed by atoms with Crippen LogP contribution in [0, 0.1) is 12.7 Å². The van der Waals surface area contributed by atoms with E-state index in [-0.39, 0.29) is 11.6 Å². The second kappa shape index (κ2) is 5.48. The molecule has 98 valence electrons. The van der Waals surface area contributed by atoms with Gasteiger partial charge in [-0.05, 0) is 31.5 Å². The number of nitrogen functional groups attached to an aromatic ring is 1. The number of aromatic nitrogens is 2. The van der Waals surface area contributed by atoms with Gasteiger partial charge in [-0.3, -0.25) is 0 Å². The zero-order valence-electron chi connectivity index (χ0n) is 10.6. The summed E-state index contributed by atoms with van der Waals surface area (Å²) < 4.78 is 19.3. The van der Waals surface area contributed by atoms with Crippen LogP contribution in [-0.2, 0) is 6.42 Å². The van der Waals surface area contributed by atoms with Gasteiger partial charge in [0, 0.05) is 11.3 Å². The Bertz CT molecular complexity index is 614. The van der Waals surface area contributed by atoms with Crippen molar-refractivity contribution in [3.8, 4) is 11.6 Å². The Morgan fingerprint density at radius 3 is 2.95 bits per heavy atom. The molecule has 5 heteroatoms. The van der Waals surface area contributed by atoms with Crippen LogP contribution in [0.2, 0.25) is 0 Å². The van der Waals surface area contributed by atoms with Gasteiger partial charge < -0.3 is 10.5 Å². The third kappa shape index (κ3) is 2.88. The lowest BCUT2D eigenvalue weighted by Crippen LogP contribution is -1.99. The largest absolute Gasteiger partial charge is 0.436 e. The minimum Gasteiger partial charge on any atom is -0.436 e. The lowest BCUT2D eigenvalue weighted by molar-refractivity contribution is 0.413. The summed E-state index contributed by atoms with van der Waals surface area (Å²) in [5, 5.41) is 0. The highest BCUT2D eigenvalue weighted by Gasteiger charge is 2.12. The van der Waals surface area contributed by atoms with E-state index in [0.717, 1.165) is 5.56 Å². The zero-order valence-corrected chi connectivity index (χ0v) is 10.6. The van der Waals surface area contributed by atoms with Crippen molar-refractivity contribution in [2.24, 2.45) is 0 Å². The predicted octanol–water partition coefficient (Wildman–Crippen LogP) is 3.03. The molecule has 1 aromatic heterocycles. The van der Waals surface area contributed by atoms with Crippen molar-refractivity contribution in [1.29, 1.82) is 0 Å². The van der Waals surface area contributed by atoms with Crippen molar-refractivity contribution >= 4 is 5.69 Å². The van der Waals surface area contributed by atoms with Gasteiger partial charge >= 0.3 is 0 Å². The van der Waals surface area contributed by atoms with Crippen LogP contribution in [0.4, 0.5) is 10.1 Å². The summed E-state index contributed by atoms with van der Waals surface area (Å²) in [4.78, 5) is 7.54. The van der Waals surface area contributed by atoms with Crippen molar-refractivity contribution < 1.29 is 9.13 Å². The molecule has 1 aromatic carbocycles. The summed E-state index contributed by atoms with van der Waals surface area (Å²) in [5.41, 5.74) is 7.40. The summed E-state index contributed by atoms with van der Waals surface area (Å²) in [5.74, 6) is -0.155. The molecule has 0 fully saturated rings. The normalized spacial score (nSPS) is 10.2. The fraction of sp³-hybridized carbons (Fsp3) is 0.143. The van der Waals surface area contributed by atoms with Crippen LogP contribution >= 0.6 is 0 Å². The number of benzene rings is 1. The first-order valence-electron chi connectivity index (χ1n) is 5.76. The number of halogens is 1. The molecule has 0 unspecified atom stereocenters. The van der Waals surface area contributed by atoms with E-state index < -0.39 is 5.82 Å². The molecule has 0 atom stereocenters. The highest BCUT2D eigenvalue weighted by molar-refractivity contribution is 5.49. The minimum atomic E-state index is -0.566. The van der Waals surface area contributed by atoms with Crippen LogP contribution in [0.5, 0.6) is 11.6 Å². The highest BCUT2D eigenvalue weighted by atomic mass is 19.1. The monoisotopic (exact) mass is 259 g/mol. The fourth-order valence-corrected chi connectivity index (χ4v) is 1.63. The lowest BCUT2D eigenvalue weighted by Gasteiger charge is -2.11. The predicted molar refractivity (Wildman–Crippen MR) is 71.6 cm³/mol. The van der Waals surface area contributed by atoms with Gasteiger partial charge in [-0.25, -0.2) is 4.98 Å². The van der Waals surface area contributed by atoms with Crippen LogP contribution in [0.25, 0.3) is 0 Å². The van der Waals surface area contributed by atoms with Gasteiger partial charge in [0.2, 0.25) is 5.82 Å². The molecular formula is C14H14FN3O. The second-order valence-corrected chi connectivity index (χ2v) is 4.04. The van der Waals surface area contributed by atoms with Gasteiger partial charge in [0.25, 0.3) is 5.88 Å². The molecule has 0 aliphatic carbocycles. The van der Waals surface area contributed by atoms with E-state index in [1.54, 1.807) is 31.2 Å². The van der Waals surface area contributed by atoms with Crippen LogP contribution in [-0.4, -0.2) is 9.97 Å². The first kappa shape index (κ1) is 13.0. The molecule has 4 nitrogen and oxygen atoms in total. The van der Waals surface area contributed by atoms with Crippen LogP contribution in [0.3, 0.4) is 0 Å². The van der Waals surface area contributed by atoms with Crippen molar-refractivity contribution in [1.82, 2.24) is 9.97 Å². The Morgan fingerprint density at radius 1 is 1.42 bits per heavy atom. The minimum absolute atomic E-state index is 0.0948. The standard InChI is InChI=1S/C14H14FN3O/c1-3-4-10-7-11(16)5-6-12(10)19-14-13(15)9(2)17-8-18-14/h3,5-8H,1,4,16H2,2H3. The Morgan fingerprint density at radius 2 is 2.21 bits per heavy atom. The molecule has 2 rings (SSSR count).